The van der Waals surface area contributed by atoms with Gasteiger partial charge in [0.1, 0.15) is 12.2 Å². The summed E-state index contributed by atoms with van der Waals surface area (Å²) in [5, 5.41) is 0. The highest BCUT2D eigenvalue weighted by atomic mass is 16.7. The summed E-state index contributed by atoms with van der Waals surface area (Å²) in [7, 11) is 0. The fraction of sp³-hybridized carbons (Fsp3) is 0.714. The Balaban J connectivity index is 1.78. The fourth-order valence-electron chi connectivity index (χ4n) is 2.47. The van der Waals surface area contributed by atoms with Crippen LogP contribution in [0, 0.1) is 0 Å². The van der Waals surface area contributed by atoms with Crippen LogP contribution >= 0.6 is 0 Å². The molecule has 130 valence electrons. The Bertz CT molecular complexity index is 517. The summed E-state index contributed by atoms with van der Waals surface area (Å²) in [4.78, 5) is 49.7. The smallest absolute Gasteiger partial charge is 0.308 e. The number of rotatable bonds is 8. The van der Waals surface area contributed by atoms with Gasteiger partial charge in [-0.2, -0.15) is 0 Å². The average Bonchev–Trinajstić information content (AvgIpc) is 3.12. The minimum absolute atomic E-state index is 0.00830. The van der Waals surface area contributed by atoms with E-state index in [9.17, 15) is 19.2 Å². The number of aliphatic imine (C=N–C) groups is 2. The predicted molar refractivity (Wildman–Crippen MR) is 74.5 cm³/mol. The number of carbonyl (C=O) groups excluding carboxylic acids is 4. The van der Waals surface area contributed by atoms with E-state index >= 15 is 0 Å². The Morgan fingerprint density at radius 2 is 1.29 bits per heavy atom. The van der Waals surface area contributed by atoms with Crippen molar-refractivity contribution in [3.8, 4) is 0 Å². The minimum Gasteiger partial charge on any atom is -0.457 e. The molecule has 0 saturated carbocycles. The van der Waals surface area contributed by atoms with Gasteiger partial charge in [-0.25, -0.2) is 19.6 Å². The van der Waals surface area contributed by atoms with E-state index in [1.165, 1.54) is 12.2 Å². The molecule has 4 atom stereocenters. The number of fused-ring (bicyclic) bond motifs is 1. The third kappa shape index (κ3) is 4.81. The van der Waals surface area contributed by atoms with Crippen LogP contribution in [0.2, 0.25) is 0 Å². The van der Waals surface area contributed by atoms with Crippen LogP contribution in [0.3, 0.4) is 0 Å². The molecule has 0 unspecified atom stereocenters. The molecule has 2 saturated heterocycles. The van der Waals surface area contributed by atoms with Gasteiger partial charge in [0, 0.05) is 0 Å². The lowest BCUT2D eigenvalue weighted by Gasteiger charge is -2.17. The van der Waals surface area contributed by atoms with Crippen molar-refractivity contribution in [3.05, 3.63) is 0 Å². The summed E-state index contributed by atoms with van der Waals surface area (Å²) in [5.41, 5.74) is 0. The van der Waals surface area contributed by atoms with Gasteiger partial charge < -0.3 is 18.9 Å². The van der Waals surface area contributed by atoms with Gasteiger partial charge in [-0.1, -0.05) is 0 Å². The number of ether oxygens (including phenoxy) is 4. The molecule has 2 aliphatic rings. The summed E-state index contributed by atoms with van der Waals surface area (Å²) in [6, 6.07) is 0. The number of nitrogens with zero attached hydrogens (tertiary/aromatic N) is 2. The van der Waals surface area contributed by atoms with Crippen LogP contribution in [-0.4, -0.2) is 74.8 Å². The number of carbonyl (C=O) groups is 2. The minimum atomic E-state index is -0.605. The van der Waals surface area contributed by atoms with Gasteiger partial charge in [0.05, 0.1) is 39.1 Å². The van der Waals surface area contributed by atoms with Crippen molar-refractivity contribution in [1.29, 1.82) is 0 Å². The van der Waals surface area contributed by atoms with Gasteiger partial charge >= 0.3 is 11.9 Å². The van der Waals surface area contributed by atoms with Crippen molar-refractivity contribution in [1.82, 2.24) is 0 Å². The molecule has 10 nitrogen and oxygen atoms in total. The highest BCUT2D eigenvalue weighted by Crippen LogP contribution is 2.30. The van der Waals surface area contributed by atoms with E-state index in [1.807, 2.05) is 0 Å². The monoisotopic (exact) mass is 340 g/mol. The molecule has 0 bridgehead atoms. The second-order valence-corrected chi connectivity index (χ2v) is 5.10. The summed E-state index contributed by atoms with van der Waals surface area (Å²) in [6.07, 6.45) is 0.340. The number of hydrogen-bond acceptors (Lipinski definition) is 10. The molecule has 0 radical (unpaired) electrons. The maximum absolute atomic E-state index is 11.6. The van der Waals surface area contributed by atoms with E-state index in [0.29, 0.717) is 0 Å². The first kappa shape index (κ1) is 18.0. The van der Waals surface area contributed by atoms with Crippen LogP contribution in [0.25, 0.3) is 0 Å². The topological polar surface area (TPSA) is 130 Å². The van der Waals surface area contributed by atoms with E-state index in [1.54, 1.807) is 0 Å². The van der Waals surface area contributed by atoms with Gasteiger partial charge in [-0.3, -0.25) is 9.59 Å². The van der Waals surface area contributed by atoms with E-state index in [4.69, 9.17) is 18.9 Å². The first-order valence-electron chi connectivity index (χ1n) is 7.35. The van der Waals surface area contributed by atoms with Crippen molar-refractivity contribution >= 4 is 24.1 Å². The Hall–Kier alpha value is -2.38. The van der Waals surface area contributed by atoms with E-state index in [-0.39, 0.29) is 39.1 Å². The van der Waals surface area contributed by atoms with Crippen LogP contribution < -0.4 is 0 Å². The van der Waals surface area contributed by atoms with Crippen molar-refractivity contribution < 1.29 is 38.1 Å². The lowest BCUT2D eigenvalue weighted by atomic mass is 10.1. The zero-order valence-electron chi connectivity index (χ0n) is 12.7. The van der Waals surface area contributed by atoms with Crippen molar-refractivity contribution in [2.45, 2.75) is 37.3 Å². The van der Waals surface area contributed by atoms with Crippen molar-refractivity contribution in [3.63, 3.8) is 0 Å². The molecule has 0 aromatic heterocycles. The first-order valence-corrected chi connectivity index (χ1v) is 7.35. The molecule has 2 fully saturated rings. The van der Waals surface area contributed by atoms with Gasteiger partial charge in [0.15, 0.2) is 12.2 Å². The molecule has 2 heterocycles. The maximum Gasteiger partial charge on any atom is 0.308 e. The molecule has 0 N–H and O–H groups in total. The van der Waals surface area contributed by atoms with Crippen molar-refractivity contribution in [2.75, 3.05) is 26.3 Å². The zero-order valence-corrected chi connectivity index (χ0v) is 12.7. The lowest BCUT2D eigenvalue weighted by molar-refractivity contribution is -0.155. The number of hydrogen-bond donors (Lipinski definition) is 0. The van der Waals surface area contributed by atoms with Crippen molar-refractivity contribution in [2.24, 2.45) is 9.98 Å². The number of esters is 2. The Morgan fingerprint density at radius 1 is 0.875 bits per heavy atom. The molecule has 0 aromatic carbocycles. The lowest BCUT2D eigenvalue weighted by Crippen LogP contribution is -2.36. The fourth-order valence-corrected chi connectivity index (χ4v) is 2.47. The predicted octanol–water partition coefficient (Wildman–Crippen LogP) is -0.941. The number of isocyanates is 2. The quantitative estimate of drug-likeness (QED) is 0.314. The molecule has 24 heavy (non-hydrogen) atoms. The third-order valence-corrected chi connectivity index (χ3v) is 3.51. The highest BCUT2D eigenvalue weighted by molar-refractivity contribution is 5.70. The Labute approximate surface area is 136 Å². The van der Waals surface area contributed by atoms with E-state index in [0.717, 1.165) is 0 Å². The average molecular weight is 340 g/mol. The van der Waals surface area contributed by atoms with Gasteiger partial charge in [-0.15, -0.1) is 0 Å². The maximum atomic E-state index is 11.6. The standard InChI is InChI=1S/C14H16N2O8/c17-7-15-3-1-11(19)23-9-5-21-14-10(6-22-13(9)14)24-12(20)2-4-16-8-18/h9-10,13-14H,1-6H2/t9-,10+,13-,14-/m1/s1. The normalized spacial score (nSPS) is 27.5. The van der Waals surface area contributed by atoms with Crippen LogP contribution in [0.4, 0.5) is 0 Å². The molecule has 2 aliphatic heterocycles. The molecule has 0 aliphatic carbocycles. The Kier molecular flexibility index (Phi) is 6.77. The van der Waals surface area contributed by atoms with Gasteiger partial charge in [0.25, 0.3) is 0 Å². The summed E-state index contributed by atoms with van der Waals surface area (Å²) >= 11 is 0. The zero-order chi connectivity index (χ0) is 17.4. The SMILES string of the molecule is O=C=NCCC(=O)O[C@H]1CO[C@H]2[C@@H]1OC[C@H]2OC(=O)CCN=C=O. The molecule has 10 heteroatoms. The molecular weight excluding hydrogens is 324 g/mol. The van der Waals surface area contributed by atoms with E-state index < -0.39 is 36.4 Å². The summed E-state index contributed by atoms with van der Waals surface area (Å²) in [6.45, 7) is 0.270. The van der Waals surface area contributed by atoms with E-state index in [2.05, 4.69) is 9.98 Å². The van der Waals surface area contributed by atoms with Crippen LogP contribution in [0.5, 0.6) is 0 Å². The molecular formula is C14H16N2O8. The van der Waals surface area contributed by atoms with Crippen LogP contribution in [-0.2, 0) is 38.1 Å². The summed E-state index contributed by atoms with van der Waals surface area (Å²) < 4.78 is 21.5. The van der Waals surface area contributed by atoms with Crippen LogP contribution in [0.1, 0.15) is 12.8 Å². The highest BCUT2D eigenvalue weighted by Gasteiger charge is 2.51. The second kappa shape index (κ2) is 9.05. The molecule has 0 amide bonds. The third-order valence-electron chi connectivity index (χ3n) is 3.51. The Morgan fingerprint density at radius 3 is 1.67 bits per heavy atom. The van der Waals surface area contributed by atoms with Crippen LogP contribution in [0.15, 0.2) is 9.98 Å². The molecule has 0 spiro atoms. The molecule has 0 aromatic rings. The second-order valence-electron chi connectivity index (χ2n) is 5.10. The van der Waals surface area contributed by atoms with Gasteiger partial charge in [-0.05, 0) is 0 Å². The summed E-state index contributed by atoms with van der Waals surface area (Å²) in [5.74, 6) is -1.06. The molecule has 2 rings (SSSR count). The first-order chi connectivity index (χ1) is 11.7. The largest absolute Gasteiger partial charge is 0.457 e. The van der Waals surface area contributed by atoms with Gasteiger partial charge in [0.2, 0.25) is 12.2 Å².